The molecule has 2 aliphatic rings. The van der Waals surface area contributed by atoms with Crippen molar-refractivity contribution >= 4 is 0 Å². The molecule has 0 unspecified atom stereocenters. The van der Waals surface area contributed by atoms with E-state index in [4.69, 9.17) is 14.7 Å². The lowest BCUT2D eigenvalue weighted by Crippen LogP contribution is -2.43. The summed E-state index contributed by atoms with van der Waals surface area (Å²) >= 11 is 0. The average Bonchev–Trinajstić information content (AvgIpc) is 3.38. The highest BCUT2D eigenvalue weighted by Gasteiger charge is 2.53. The zero-order valence-electron chi connectivity index (χ0n) is 36.2. The fourth-order valence-corrected chi connectivity index (χ4v) is 10.7. The Labute approximate surface area is 380 Å². The molecule has 0 bridgehead atoms. The number of aromatic nitrogens is 2. The van der Waals surface area contributed by atoms with Gasteiger partial charge in [0, 0.05) is 33.2 Å². The summed E-state index contributed by atoms with van der Waals surface area (Å²) in [5.41, 5.74) is 18.2. The summed E-state index contributed by atoms with van der Waals surface area (Å²) in [6.07, 6.45) is 0. The molecule has 0 saturated heterocycles. The van der Waals surface area contributed by atoms with Crippen molar-refractivity contribution in [2.24, 2.45) is 0 Å². The van der Waals surface area contributed by atoms with Crippen molar-refractivity contribution in [3.05, 3.63) is 264 Å². The predicted molar refractivity (Wildman–Crippen MR) is 265 cm³/mol. The van der Waals surface area contributed by atoms with Crippen molar-refractivity contribution in [1.82, 2.24) is 9.97 Å². The van der Waals surface area contributed by atoms with Crippen molar-refractivity contribution < 1.29 is 4.74 Å². The van der Waals surface area contributed by atoms with Gasteiger partial charge in [-0.2, -0.15) is 0 Å². The van der Waals surface area contributed by atoms with Gasteiger partial charge < -0.3 is 4.74 Å². The van der Waals surface area contributed by atoms with Crippen LogP contribution in [0.5, 0.6) is 11.5 Å². The molecule has 2 heterocycles. The minimum atomic E-state index is -0.620. The molecule has 308 valence electrons. The third-order valence-corrected chi connectivity index (χ3v) is 13.7. The van der Waals surface area contributed by atoms with Gasteiger partial charge in [0.2, 0.25) is 0 Å². The van der Waals surface area contributed by atoms with Crippen molar-refractivity contribution in [1.29, 1.82) is 0 Å². The van der Waals surface area contributed by atoms with Gasteiger partial charge in [0.1, 0.15) is 11.5 Å². The lowest BCUT2D eigenvalue weighted by Gasteiger charge is -2.50. The molecule has 0 N–H and O–H groups in total. The van der Waals surface area contributed by atoms with Gasteiger partial charge in [0.25, 0.3) is 0 Å². The van der Waals surface area contributed by atoms with E-state index in [-0.39, 0.29) is 5.41 Å². The average molecular weight is 833 g/mol. The Morgan fingerprint density at radius 2 is 0.754 bits per heavy atom. The van der Waals surface area contributed by atoms with E-state index < -0.39 is 5.41 Å². The SMILES string of the molecule is CC1(C)c2ccccc2C2(c3ccccc3Oc3ccccc32)c2cccc(-c3ccccc3-c3cc(-c4ccc(-c5ccccc5)cc4)nc(-c4ccc(-c5ccccc5)cc4)n3)c21. The van der Waals surface area contributed by atoms with E-state index in [1.54, 1.807) is 0 Å². The maximum atomic E-state index is 6.72. The third kappa shape index (κ3) is 6.19. The van der Waals surface area contributed by atoms with Gasteiger partial charge in [0.15, 0.2) is 5.82 Å². The molecule has 1 spiro atoms. The van der Waals surface area contributed by atoms with Crippen molar-refractivity contribution in [3.8, 4) is 78.8 Å². The summed E-state index contributed by atoms with van der Waals surface area (Å²) in [5.74, 6) is 2.44. The van der Waals surface area contributed by atoms with Crippen LogP contribution >= 0.6 is 0 Å². The fraction of sp³-hybridized carbons (Fsp3) is 0.0645. The van der Waals surface area contributed by atoms with Crippen LogP contribution in [0, 0.1) is 0 Å². The predicted octanol–water partition coefficient (Wildman–Crippen LogP) is 15.6. The topological polar surface area (TPSA) is 35.0 Å². The maximum Gasteiger partial charge on any atom is 0.160 e. The lowest BCUT2D eigenvalue weighted by atomic mass is 9.53. The molecule has 0 atom stereocenters. The van der Waals surface area contributed by atoms with Crippen molar-refractivity contribution in [2.45, 2.75) is 24.7 Å². The maximum absolute atomic E-state index is 6.72. The first-order valence-electron chi connectivity index (χ1n) is 22.4. The van der Waals surface area contributed by atoms with Gasteiger partial charge in [-0.05, 0) is 73.8 Å². The highest BCUT2D eigenvalue weighted by molar-refractivity contribution is 5.89. The molecule has 12 rings (SSSR count). The summed E-state index contributed by atoms with van der Waals surface area (Å²) in [7, 11) is 0. The summed E-state index contributed by atoms with van der Waals surface area (Å²) in [6, 6.07) is 82.5. The van der Waals surface area contributed by atoms with Crippen LogP contribution in [-0.2, 0) is 10.8 Å². The molecule has 0 fully saturated rings. The normalized spacial score (nSPS) is 13.8. The Balaban J connectivity index is 1.08. The molecule has 0 saturated carbocycles. The van der Waals surface area contributed by atoms with Crippen LogP contribution in [0.3, 0.4) is 0 Å². The molecule has 10 aromatic rings. The standard InChI is InChI=1S/C62H44N2O/c1-61(2)50-25-11-12-26-51(50)62(52-27-13-15-30-57(52)65-58-31-16-14-28-53(58)62)54-29-17-24-49(59(54)61)47-22-9-10-23-48(47)56-40-55(45-36-32-43(33-37-45)41-18-5-3-6-19-41)63-60(64-56)46-38-34-44(35-39-46)42-20-7-4-8-21-42/h3-40H,1-2H3. The number of hydrogen-bond donors (Lipinski definition) is 0. The summed E-state index contributed by atoms with van der Waals surface area (Å²) in [6.45, 7) is 4.78. The van der Waals surface area contributed by atoms with Crippen LogP contribution in [0.25, 0.3) is 67.3 Å². The van der Waals surface area contributed by atoms with Crippen LogP contribution in [0.15, 0.2) is 231 Å². The summed E-state index contributed by atoms with van der Waals surface area (Å²) < 4.78 is 6.72. The van der Waals surface area contributed by atoms with Gasteiger partial charge >= 0.3 is 0 Å². The molecule has 9 aromatic carbocycles. The summed E-state index contributed by atoms with van der Waals surface area (Å²) in [5, 5.41) is 0. The van der Waals surface area contributed by atoms with E-state index in [1.165, 1.54) is 38.9 Å². The molecule has 1 aromatic heterocycles. The quantitative estimate of drug-likeness (QED) is 0.167. The largest absolute Gasteiger partial charge is 0.457 e. The molecule has 3 heteroatoms. The molecule has 0 amide bonds. The van der Waals surface area contributed by atoms with Gasteiger partial charge in [0.05, 0.1) is 16.8 Å². The Bertz CT molecular complexity index is 3260. The van der Waals surface area contributed by atoms with Crippen LogP contribution in [0.4, 0.5) is 0 Å². The Morgan fingerprint density at radius 1 is 0.323 bits per heavy atom. The number of hydrogen-bond acceptors (Lipinski definition) is 3. The minimum Gasteiger partial charge on any atom is -0.457 e. The van der Waals surface area contributed by atoms with Gasteiger partial charge in [-0.1, -0.05) is 226 Å². The highest BCUT2D eigenvalue weighted by Crippen LogP contribution is 2.62. The molecular weight excluding hydrogens is 789 g/mol. The molecule has 0 radical (unpaired) electrons. The second-order valence-corrected chi connectivity index (χ2v) is 17.6. The highest BCUT2D eigenvalue weighted by atomic mass is 16.5. The van der Waals surface area contributed by atoms with Crippen LogP contribution < -0.4 is 4.74 Å². The van der Waals surface area contributed by atoms with Crippen LogP contribution in [-0.4, -0.2) is 9.97 Å². The fourth-order valence-electron chi connectivity index (χ4n) is 10.7. The zero-order chi connectivity index (χ0) is 43.5. The van der Waals surface area contributed by atoms with Crippen LogP contribution in [0.1, 0.15) is 47.2 Å². The van der Waals surface area contributed by atoms with Crippen molar-refractivity contribution in [3.63, 3.8) is 0 Å². The van der Waals surface area contributed by atoms with E-state index in [0.717, 1.165) is 67.4 Å². The van der Waals surface area contributed by atoms with Gasteiger partial charge in [-0.25, -0.2) is 9.97 Å². The van der Waals surface area contributed by atoms with Crippen LogP contribution in [0.2, 0.25) is 0 Å². The number of benzene rings is 9. The molecule has 3 nitrogen and oxygen atoms in total. The first kappa shape index (κ1) is 38.5. The monoisotopic (exact) mass is 832 g/mol. The second kappa shape index (κ2) is 15.3. The number of rotatable bonds is 6. The molecule has 65 heavy (non-hydrogen) atoms. The van der Waals surface area contributed by atoms with Crippen molar-refractivity contribution in [2.75, 3.05) is 0 Å². The summed E-state index contributed by atoms with van der Waals surface area (Å²) in [4.78, 5) is 10.8. The smallest absolute Gasteiger partial charge is 0.160 e. The zero-order valence-corrected chi connectivity index (χ0v) is 36.2. The molecule has 1 aliphatic carbocycles. The van der Waals surface area contributed by atoms with E-state index in [2.05, 4.69) is 244 Å². The number of nitrogens with zero attached hydrogens (tertiary/aromatic N) is 2. The second-order valence-electron chi connectivity index (χ2n) is 17.6. The molecule has 1 aliphatic heterocycles. The third-order valence-electron chi connectivity index (χ3n) is 13.7. The number of fused-ring (bicyclic) bond motifs is 8. The first-order chi connectivity index (χ1) is 32.0. The van der Waals surface area contributed by atoms with Gasteiger partial charge in [-0.15, -0.1) is 0 Å². The Hall–Kier alpha value is -8.14. The minimum absolute atomic E-state index is 0.369. The first-order valence-corrected chi connectivity index (χ1v) is 22.4. The van der Waals surface area contributed by atoms with Gasteiger partial charge in [-0.3, -0.25) is 0 Å². The van der Waals surface area contributed by atoms with E-state index in [0.29, 0.717) is 5.82 Å². The van der Waals surface area contributed by atoms with E-state index >= 15 is 0 Å². The Morgan fingerprint density at radius 3 is 1.37 bits per heavy atom. The van der Waals surface area contributed by atoms with E-state index in [9.17, 15) is 0 Å². The Kier molecular flexibility index (Phi) is 9.06. The number of ether oxygens (including phenoxy) is 1. The van der Waals surface area contributed by atoms with E-state index in [1.807, 2.05) is 0 Å². The lowest BCUT2D eigenvalue weighted by molar-refractivity contribution is 0.425. The molecular formula is C62H44N2O. The number of para-hydroxylation sites is 2.